The van der Waals surface area contributed by atoms with Crippen LogP contribution in [-0.2, 0) is 0 Å². The second-order valence-corrected chi connectivity index (χ2v) is 5.64. The second-order valence-electron chi connectivity index (χ2n) is 5.64. The summed E-state index contributed by atoms with van der Waals surface area (Å²) in [5, 5.41) is 20.8. The minimum Gasteiger partial charge on any atom is -0.394 e. The van der Waals surface area contributed by atoms with Crippen molar-refractivity contribution in [3.63, 3.8) is 0 Å². The van der Waals surface area contributed by atoms with Gasteiger partial charge in [0.15, 0.2) is 5.65 Å². The Hall–Kier alpha value is -1.89. The molecule has 0 spiro atoms. The molecule has 3 N–H and O–H groups in total. The third kappa shape index (κ3) is 2.53. The lowest BCUT2D eigenvalue weighted by atomic mass is 10.0. The zero-order valence-electron chi connectivity index (χ0n) is 12.5. The number of hydrogen-bond acceptors (Lipinski definition) is 6. The summed E-state index contributed by atoms with van der Waals surface area (Å²) in [6, 6.07) is 0.108. The van der Waals surface area contributed by atoms with E-state index in [4.69, 9.17) is 0 Å². The number of hydrogen-bond donors (Lipinski definition) is 3. The molecule has 1 aliphatic heterocycles. The van der Waals surface area contributed by atoms with Crippen molar-refractivity contribution in [1.29, 1.82) is 0 Å². The van der Waals surface area contributed by atoms with Crippen LogP contribution in [0.2, 0.25) is 0 Å². The van der Waals surface area contributed by atoms with Gasteiger partial charge in [-0.3, -0.25) is 5.10 Å². The fourth-order valence-electron chi connectivity index (χ4n) is 2.90. The molecular formula is C14H22N6O. The number of aliphatic hydroxyl groups is 1. The number of aromatic amines is 1. The summed E-state index contributed by atoms with van der Waals surface area (Å²) in [7, 11) is 0. The quantitative estimate of drug-likeness (QED) is 0.771. The smallest absolute Gasteiger partial charge is 0.226 e. The van der Waals surface area contributed by atoms with Crippen LogP contribution in [0.1, 0.15) is 26.7 Å². The van der Waals surface area contributed by atoms with Crippen LogP contribution in [0.25, 0.3) is 11.0 Å². The number of nitrogens with one attached hydrogen (secondary N) is 2. The predicted molar refractivity (Wildman–Crippen MR) is 82.5 cm³/mol. The maximum Gasteiger partial charge on any atom is 0.226 e. The van der Waals surface area contributed by atoms with Gasteiger partial charge in [0.2, 0.25) is 5.95 Å². The summed E-state index contributed by atoms with van der Waals surface area (Å²) < 4.78 is 0. The Morgan fingerprint density at radius 2 is 2.33 bits per heavy atom. The monoisotopic (exact) mass is 290 g/mol. The molecule has 3 rings (SSSR count). The maximum absolute atomic E-state index is 9.68. The van der Waals surface area contributed by atoms with E-state index in [9.17, 15) is 5.11 Å². The summed E-state index contributed by atoms with van der Waals surface area (Å²) in [4.78, 5) is 11.3. The van der Waals surface area contributed by atoms with Crippen LogP contribution in [0.3, 0.4) is 0 Å². The molecule has 2 aromatic heterocycles. The highest BCUT2D eigenvalue weighted by molar-refractivity contribution is 5.87. The molecule has 1 fully saturated rings. The van der Waals surface area contributed by atoms with E-state index in [1.54, 1.807) is 6.20 Å². The molecule has 3 heterocycles. The molecule has 7 nitrogen and oxygen atoms in total. The Morgan fingerprint density at radius 1 is 1.48 bits per heavy atom. The number of nitrogens with zero attached hydrogens (tertiary/aromatic N) is 4. The van der Waals surface area contributed by atoms with Gasteiger partial charge in [-0.15, -0.1) is 0 Å². The van der Waals surface area contributed by atoms with E-state index in [0.29, 0.717) is 11.9 Å². The van der Waals surface area contributed by atoms with Crippen molar-refractivity contribution in [3.8, 4) is 0 Å². The summed E-state index contributed by atoms with van der Waals surface area (Å²) in [5.41, 5.74) is 0.731. The van der Waals surface area contributed by atoms with Gasteiger partial charge in [-0.25, -0.2) is 0 Å². The summed E-state index contributed by atoms with van der Waals surface area (Å²) in [6.07, 6.45) is 3.83. The third-order valence-corrected chi connectivity index (χ3v) is 4.16. The van der Waals surface area contributed by atoms with E-state index in [1.165, 1.54) is 0 Å². The van der Waals surface area contributed by atoms with E-state index in [1.807, 2.05) is 0 Å². The lowest BCUT2D eigenvalue weighted by molar-refractivity contribution is 0.244. The van der Waals surface area contributed by atoms with Crippen LogP contribution in [0, 0.1) is 5.92 Å². The highest BCUT2D eigenvalue weighted by Crippen LogP contribution is 2.32. The molecule has 2 aromatic rings. The van der Waals surface area contributed by atoms with Crippen molar-refractivity contribution >= 4 is 22.8 Å². The van der Waals surface area contributed by atoms with Gasteiger partial charge in [0.05, 0.1) is 24.2 Å². The van der Waals surface area contributed by atoms with Crippen molar-refractivity contribution in [2.24, 2.45) is 5.92 Å². The topological polar surface area (TPSA) is 90.0 Å². The van der Waals surface area contributed by atoms with E-state index >= 15 is 0 Å². The Balaban J connectivity index is 2.01. The standard InChI is InChI=1S/C14H22N6O/c1-3-5-15-14-17-12-10(7-16-19-12)13(18-14)20-6-4-9(2)11(20)8-21/h7,9,11,21H,3-6,8H2,1-2H3,(H2,15,16,17,18,19). The molecule has 0 bridgehead atoms. The molecule has 114 valence electrons. The SMILES string of the molecule is CCCNc1nc(N2CCC(C)C2CO)c2cn[nH]c2n1. The van der Waals surface area contributed by atoms with Crippen molar-refractivity contribution in [2.45, 2.75) is 32.7 Å². The van der Waals surface area contributed by atoms with Gasteiger partial charge in [0.1, 0.15) is 5.82 Å². The average molecular weight is 290 g/mol. The number of rotatable bonds is 5. The van der Waals surface area contributed by atoms with Crippen LogP contribution in [0.5, 0.6) is 0 Å². The molecule has 0 aliphatic carbocycles. The van der Waals surface area contributed by atoms with Crippen LogP contribution in [0.15, 0.2) is 6.20 Å². The number of H-pyrrole nitrogens is 1. The van der Waals surface area contributed by atoms with Gasteiger partial charge in [0.25, 0.3) is 0 Å². The van der Waals surface area contributed by atoms with Crippen molar-refractivity contribution in [2.75, 3.05) is 29.9 Å². The van der Waals surface area contributed by atoms with Gasteiger partial charge in [-0.1, -0.05) is 13.8 Å². The third-order valence-electron chi connectivity index (χ3n) is 4.16. The number of aromatic nitrogens is 4. The van der Waals surface area contributed by atoms with E-state index in [0.717, 1.165) is 42.8 Å². The Morgan fingerprint density at radius 3 is 3.10 bits per heavy atom. The first kappa shape index (κ1) is 14.1. The molecule has 1 aliphatic rings. The molecule has 0 amide bonds. The highest BCUT2D eigenvalue weighted by atomic mass is 16.3. The molecule has 7 heteroatoms. The molecule has 1 saturated heterocycles. The zero-order valence-corrected chi connectivity index (χ0v) is 12.5. The summed E-state index contributed by atoms with van der Waals surface area (Å²) in [6.45, 7) is 6.15. The van der Waals surface area contributed by atoms with Crippen molar-refractivity contribution in [1.82, 2.24) is 20.2 Å². The predicted octanol–water partition coefficient (Wildman–Crippen LogP) is 1.38. The lowest BCUT2D eigenvalue weighted by Crippen LogP contribution is -2.36. The molecule has 0 saturated carbocycles. The Labute approximate surface area is 123 Å². The van der Waals surface area contributed by atoms with Crippen LogP contribution in [-0.4, -0.2) is 51.0 Å². The molecule has 2 atom stereocenters. The normalized spacial score (nSPS) is 22.1. The van der Waals surface area contributed by atoms with E-state index < -0.39 is 0 Å². The van der Waals surface area contributed by atoms with Gasteiger partial charge in [0, 0.05) is 13.1 Å². The lowest BCUT2D eigenvalue weighted by Gasteiger charge is -2.26. The van der Waals surface area contributed by atoms with Crippen molar-refractivity contribution < 1.29 is 5.11 Å². The van der Waals surface area contributed by atoms with E-state index in [-0.39, 0.29) is 12.6 Å². The molecular weight excluding hydrogens is 268 g/mol. The zero-order chi connectivity index (χ0) is 14.8. The van der Waals surface area contributed by atoms with Gasteiger partial charge >= 0.3 is 0 Å². The Bertz CT molecular complexity index is 613. The molecule has 21 heavy (non-hydrogen) atoms. The summed E-state index contributed by atoms with van der Waals surface area (Å²) in [5.74, 6) is 1.93. The van der Waals surface area contributed by atoms with Crippen LogP contribution >= 0.6 is 0 Å². The minimum absolute atomic E-state index is 0.108. The largest absolute Gasteiger partial charge is 0.394 e. The van der Waals surface area contributed by atoms with Gasteiger partial charge in [-0.05, 0) is 18.8 Å². The number of anilines is 2. The first-order valence-corrected chi connectivity index (χ1v) is 7.57. The van der Waals surface area contributed by atoms with Gasteiger partial charge in [-0.2, -0.15) is 15.1 Å². The van der Waals surface area contributed by atoms with Crippen LogP contribution in [0.4, 0.5) is 11.8 Å². The molecule has 2 unspecified atom stereocenters. The molecule has 0 radical (unpaired) electrons. The second kappa shape index (κ2) is 5.85. The minimum atomic E-state index is 0.108. The first-order chi connectivity index (χ1) is 10.2. The Kier molecular flexibility index (Phi) is 3.92. The summed E-state index contributed by atoms with van der Waals surface area (Å²) >= 11 is 0. The fourth-order valence-corrected chi connectivity index (χ4v) is 2.90. The number of aliphatic hydroxyl groups excluding tert-OH is 1. The maximum atomic E-state index is 9.68. The van der Waals surface area contributed by atoms with Crippen molar-refractivity contribution in [3.05, 3.63) is 6.20 Å². The number of fused-ring (bicyclic) bond motifs is 1. The fraction of sp³-hybridized carbons (Fsp3) is 0.643. The highest BCUT2D eigenvalue weighted by Gasteiger charge is 2.33. The van der Waals surface area contributed by atoms with Gasteiger partial charge < -0.3 is 15.3 Å². The van der Waals surface area contributed by atoms with Crippen LogP contribution < -0.4 is 10.2 Å². The molecule has 0 aromatic carbocycles. The average Bonchev–Trinajstić information content (AvgIpc) is 3.10. The first-order valence-electron chi connectivity index (χ1n) is 7.57. The van der Waals surface area contributed by atoms with E-state index in [2.05, 4.69) is 44.2 Å².